The molecule has 2 aliphatic carbocycles. The molecule has 0 amide bonds. The smallest absolute Gasteiger partial charge is 0.0334 e. The van der Waals surface area contributed by atoms with Crippen LogP contribution >= 0.6 is 0 Å². The van der Waals surface area contributed by atoms with Gasteiger partial charge in [-0.25, -0.2) is 0 Å². The predicted octanol–water partition coefficient (Wildman–Crippen LogP) is 2.25. The summed E-state index contributed by atoms with van der Waals surface area (Å²) in [6.07, 6.45) is 5.80. The Bertz CT molecular complexity index is 282. The number of hydrogen-bond acceptors (Lipinski definition) is 2. The number of nitrogens with zero attached hydrogens (tertiary/aromatic N) is 1. The molecule has 2 unspecified atom stereocenters. The summed E-state index contributed by atoms with van der Waals surface area (Å²) < 4.78 is 0. The van der Waals surface area contributed by atoms with Crippen molar-refractivity contribution < 1.29 is 0 Å². The highest BCUT2D eigenvalue weighted by molar-refractivity contribution is 5.11. The molecule has 0 aromatic carbocycles. The molecular formula is C14H26N2. The van der Waals surface area contributed by atoms with E-state index in [1.807, 2.05) is 0 Å². The SMILES string of the molecule is CCN1CC(C)(C2CC2)NCC1(C)C1CC1. The molecule has 16 heavy (non-hydrogen) atoms. The van der Waals surface area contributed by atoms with E-state index >= 15 is 0 Å². The summed E-state index contributed by atoms with van der Waals surface area (Å²) in [5, 5.41) is 3.89. The van der Waals surface area contributed by atoms with Gasteiger partial charge in [-0.1, -0.05) is 6.92 Å². The van der Waals surface area contributed by atoms with Crippen LogP contribution in [0.25, 0.3) is 0 Å². The van der Waals surface area contributed by atoms with Crippen LogP contribution in [0.15, 0.2) is 0 Å². The van der Waals surface area contributed by atoms with Gasteiger partial charge in [0, 0.05) is 24.2 Å². The van der Waals surface area contributed by atoms with Gasteiger partial charge in [0.05, 0.1) is 0 Å². The molecule has 0 aromatic heterocycles. The molecule has 92 valence electrons. The highest BCUT2D eigenvalue weighted by Gasteiger charge is 2.53. The van der Waals surface area contributed by atoms with E-state index in [9.17, 15) is 0 Å². The van der Waals surface area contributed by atoms with E-state index < -0.39 is 0 Å². The standard InChI is InChI=1S/C14H26N2/c1-4-16-10-13(2,11-5-6-11)15-9-14(16,3)12-7-8-12/h11-12,15H,4-10H2,1-3H3. The van der Waals surface area contributed by atoms with Crippen molar-refractivity contribution in [3.8, 4) is 0 Å². The van der Waals surface area contributed by atoms with Crippen molar-refractivity contribution in [3.05, 3.63) is 0 Å². The molecule has 2 atom stereocenters. The van der Waals surface area contributed by atoms with Gasteiger partial charge in [-0.15, -0.1) is 0 Å². The van der Waals surface area contributed by atoms with Crippen molar-refractivity contribution >= 4 is 0 Å². The third kappa shape index (κ3) is 1.62. The van der Waals surface area contributed by atoms with Crippen LogP contribution in [0.3, 0.4) is 0 Å². The first-order chi connectivity index (χ1) is 7.58. The van der Waals surface area contributed by atoms with Gasteiger partial charge < -0.3 is 5.32 Å². The fourth-order valence-corrected chi connectivity index (χ4v) is 3.70. The predicted molar refractivity (Wildman–Crippen MR) is 67.5 cm³/mol. The molecule has 3 fully saturated rings. The van der Waals surface area contributed by atoms with Gasteiger partial charge in [0.15, 0.2) is 0 Å². The Labute approximate surface area is 99.8 Å². The van der Waals surface area contributed by atoms with Crippen molar-refractivity contribution in [2.75, 3.05) is 19.6 Å². The minimum atomic E-state index is 0.407. The van der Waals surface area contributed by atoms with Gasteiger partial charge in [-0.3, -0.25) is 4.90 Å². The zero-order valence-corrected chi connectivity index (χ0v) is 11.1. The van der Waals surface area contributed by atoms with Crippen LogP contribution in [0.1, 0.15) is 46.5 Å². The molecule has 2 heteroatoms. The lowest BCUT2D eigenvalue weighted by molar-refractivity contribution is 0.00337. The molecule has 2 nitrogen and oxygen atoms in total. The summed E-state index contributed by atoms with van der Waals surface area (Å²) in [5.41, 5.74) is 0.855. The van der Waals surface area contributed by atoms with E-state index in [2.05, 4.69) is 31.0 Å². The van der Waals surface area contributed by atoms with E-state index in [1.165, 1.54) is 45.3 Å². The minimum Gasteiger partial charge on any atom is -0.308 e. The fraction of sp³-hybridized carbons (Fsp3) is 1.00. The van der Waals surface area contributed by atoms with Crippen LogP contribution in [-0.2, 0) is 0 Å². The molecule has 1 N–H and O–H groups in total. The van der Waals surface area contributed by atoms with Crippen molar-refractivity contribution in [1.82, 2.24) is 10.2 Å². The Morgan fingerprint density at radius 1 is 1.12 bits per heavy atom. The summed E-state index contributed by atoms with van der Waals surface area (Å²) in [5.74, 6) is 1.91. The van der Waals surface area contributed by atoms with E-state index in [1.54, 1.807) is 0 Å². The summed E-state index contributed by atoms with van der Waals surface area (Å²) >= 11 is 0. The third-order valence-corrected chi connectivity index (χ3v) is 5.41. The van der Waals surface area contributed by atoms with Crippen molar-refractivity contribution in [2.45, 2.75) is 57.5 Å². The maximum absolute atomic E-state index is 3.89. The van der Waals surface area contributed by atoms with E-state index in [0.717, 1.165) is 11.8 Å². The van der Waals surface area contributed by atoms with Gasteiger partial charge >= 0.3 is 0 Å². The highest BCUT2D eigenvalue weighted by atomic mass is 15.3. The second kappa shape index (κ2) is 3.46. The van der Waals surface area contributed by atoms with E-state index in [0.29, 0.717) is 11.1 Å². The summed E-state index contributed by atoms with van der Waals surface area (Å²) in [6, 6.07) is 0. The van der Waals surface area contributed by atoms with Gasteiger partial charge in [0.25, 0.3) is 0 Å². The molecule has 0 radical (unpaired) electrons. The molecule has 1 heterocycles. The molecule has 3 rings (SSSR count). The molecule has 0 bridgehead atoms. The molecule has 0 aromatic rings. The van der Waals surface area contributed by atoms with Crippen LogP contribution in [0, 0.1) is 11.8 Å². The zero-order valence-electron chi connectivity index (χ0n) is 11.1. The summed E-state index contributed by atoms with van der Waals surface area (Å²) in [6.45, 7) is 10.9. The molecule has 2 saturated carbocycles. The lowest BCUT2D eigenvalue weighted by Gasteiger charge is -2.53. The molecule has 1 aliphatic heterocycles. The lowest BCUT2D eigenvalue weighted by atomic mass is 9.83. The van der Waals surface area contributed by atoms with E-state index in [-0.39, 0.29) is 0 Å². The third-order valence-electron chi connectivity index (χ3n) is 5.41. The normalized spacial score (nSPS) is 45.9. The molecule has 0 spiro atoms. The van der Waals surface area contributed by atoms with E-state index in [4.69, 9.17) is 0 Å². The first kappa shape index (κ1) is 11.0. The number of likely N-dealkylation sites (N-methyl/N-ethyl adjacent to an activating group) is 1. The quantitative estimate of drug-likeness (QED) is 0.788. The molecular weight excluding hydrogens is 196 g/mol. The average Bonchev–Trinajstić information content (AvgIpc) is 3.11. The van der Waals surface area contributed by atoms with Crippen LogP contribution in [-0.4, -0.2) is 35.6 Å². The topological polar surface area (TPSA) is 15.3 Å². The van der Waals surface area contributed by atoms with Gasteiger partial charge in [-0.05, 0) is 57.9 Å². The average molecular weight is 222 g/mol. The minimum absolute atomic E-state index is 0.407. The zero-order chi connectivity index (χ0) is 11.4. The Kier molecular flexibility index (Phi) is 2.38. The Morgan fingerprint density at radius 3 is 2.25 bits per heavy atom. The molecule has 3 aliphatic rings. The lowest BCUT2D eigenvalue weighted by Crippen LogP contribution is -2.69. The first-order valence-corrected chi connectivity index (χ1v) is 7.08. The van der Waals surface area contributed by atoms with Gasteiger partial charge in [0.2, 0.25) is 0 Å². The van der Waals surface area contributed by atoms with Gasteiger partial charge in [0.1, 0.15) is 0 Å². The fourth-order valence-electron chi connectivity index (χ4n) is 3.70. The summed E-state index contributed by atoms with van der Waals surface area (Å²) in [7, 11) is 0. The Hall–Kier alpha value is -0.0800. The second-order valence-corrected chi connectivity index (χ2v) is 6.69. The Balaban J connectivity index is 1.76. The van der Waals surface area contributed by atoms with Crippen LogP contribution in [0.4, 0.5) is 0 Å². The number of nitrogens with one attached hydrogen (secondary N) is 1. The second-order valence-electron chi connectivity index (χ2n) is 6.69. The van der Waals surface area contributed by atoms with Crippen LogP contribution < -0.4 is 5.32 Å². The number of piperazine rings is 1. The first-order valence-electron chi connectivity index (χ1n) is 7.08. The Morgan fingerprint density at radius 2 is 1.75 bits per heavy atom. The van der Waals surface area contributed by atoms with Crippen molar-refractivity contribution in [1.29, 1.82) is 0 Å². The maximum atomic E-state index is 3.89. The van der Waals surface area contributed by atoms with Gasteiger partial charge in [-0.2, -0.15) is 0 Å². The number of hydrogen-bond donors (Lipinski definition) is 1. The summed E-state index contributed by atoms with van der Waals surface area (Å²) in [4.78, 5) is 2.76. The van der Waals surface area contributed by atoms with Crippen LogP contribution in [0.5, 0.6) is 0 Å². The number of rotatable bonds is 3. The van der Waals surface area contributed by atoms with Crippen molar-refractivity contribution in [2.24, 2.45) is 11.8 Å². The van der Waals surface area contributed by atoms with Crippen LogP contribution in [0.2, 0.25) is 0 Å². The maximum Gasteiger partial charge on any atom is 0.0334 e. The largest absolute Gasteiger partial charge is 0.308 e. The highest BCUT2D eigenvalue weighted by Crippen LogP contribution is 2.48. The van der Waals surface area contributed by atoms with Crippen molar-refractivity contribution in [3.63, 3.8) is 0 Å². The molecule has 1 saturated heterocycles. The monoisotopic (exact) mass is 222 g/mol.